The second kappa shape index (κ2) is 8.57. The van der Waals surface area contributed by atoms with Crippen molar-refractivity contribution in [2.24, 2.45) is 5.92 Å². The van der Waals surface area contributed by atoms with Crippen molar-refractivity contribution in [3.05, 3.63) is 48.3 Å². The van der Waals surface area contributed by atoms with E-state index in [0.717, 1.165) is 0 Å². The zero-order chi connectivity index (χ0) is 19.2. The van der Waals surface area contributed by atoms with Gasteiger partial charge in [-0.05, 0) is 31.9 Å². The Kier molecular flexibility index (Phi) is 5.95. The fourth-order valence-corrected chi connectivity index (χ4v) is 2.96. The molecule has 0 aromatic carbocycles. The molecule has 1 aliphatic rings. The number of hydrogen-bond acceptors (Lipinski definition) is 6. The van der Waals surface area contributed by atoms with Gasteiger partial charge in [-0.25, -0.2) is 0 Å². The maximum absolute atomic E-state index is 12.3. The molecule has 27 heavy (non-hydrogen) atoms. The normalized spacial score (nSPS) is 16.0. The summed E-state index contributed by atoms with van der Waals surface area (Å²) in [7, 11) is 0. The molecule has 0 saturated carbocycles. The van der Waals surface area contributed by atoms with E-state index in [2.05, 4.69) is 5.32 Å². The van der Waals surface area contributed by atoms with E-state index in [-0.39, 0.29) is 30.2 Å². The van der Waals surface area contributed by atoms with Crippen LogP contribution in [0.4, 0.5) is 0 Å². The number of furan rings is 2. The largest absolute Gasteiger partial charge is 0.472 e. The van der Waals surface area contributed by atoms with Crippen molar-refractivity contribution in [2.75, 3.05) is 19.6 Å². The number of amides is 2. The topological polar surface area (TPSA) is 102 Å². The van der Waals surface area contributed by atoms with Gasteiger partial charge in [0, 0.05) is 13.1 Å². The van der Waals surface area contributed by atoms with E-state index in [4.69, 9.17) is 13.6 Å². The number of carbonyl (C=O) groups excluding carboxylic acids is 3. The lowest BCUT2D eigenvalue weighted by Crippen LogP contribution is -2.41. The van der Waals surface area contributed by atoms with Crippen LogP contribution in [0, 0.1) is 5.92 Å². The first-order valence-electron chi connectivity index (χ1n) is 8.87. The lowest BCUT2D eigenvalue weighted by molar-refractivity contribution is -0.154. The van der Waals surface area contributed by atoms with Crippen LogP contribution in [-0.4, -0.2) is 48.4 Å². The van der Waals surface area contributed by atoms with Gasteiger partial charge in [0.1, 0.15) is 18.6 Å². The van der Waals surface area contributed by atoms with Crippen LogP contribution in [0.3, 0.4) is 0 Å². The third-order valence-electron chi connectivity index (χ3n) is 4.53. The second-order valence-corrected chi connectivity index (χ2v) is 6.55. The number of nitrogens with one attached hydrogen (secondary N) is 1. The number of esters is 1. The smallest absolute Gasteiger partial charge is 0.309 e. The van der Waals surface area contributed by atoms with E-state index in [9.17, 15) is 14.4 Å². The van der Waals surface area contributed by atoms with Crippen LogP contribution in [0.15, 0.2) is 46.0 Å². The summed E-state index contributed by atoms with van der Waals surface area (Å²) in [5.41, 5.74) is 0.932. The molecule has 0 aliphatic carbocycles. The fourth-order valence-electron chi connectivity index (χ4n) is 2.96. The highest BCUT2D eigenvalue weighted by Crippen LogP contribution is 2.21. The van der Waals surface area contributed by atoms with Crippen LogP contribution < -0.4 is 5.32 Å². The van der Waals surface area contributed by atoms with Crippen molar-refractivity contribution in [2.45, 2.75) is 25.9 Å². The average molecular weight is 374 g/mol. The zero-order valence-corrected chi connectivity index (χ0v) is 15.1. The lowest BCUT2D eigenvalue weighted by Gasteiger charge is -2.31. The highest BCUT2D eigenvalue weighted by Gasteiger charge is 2.30. The molecule has 2 amide bonds. The highest BCUT2D eigenvalue weighted by atomic mass is 16.5. The first-order valence-corrected chi connectivity index (χ1v) is 8.87. The highest BCUT2D eigenvalue weighted by molar-refractivity contribution is 5.94. The number of nitrogens with zero attached hydrogens (tertiary/aromatic N) is 1. The third-order valence-corrected chi connectivity index (χ3v) is 4.53. The molecule has 0 bridgehead atoms. The quantitative estimate of drug-likeness (QED) is 0.777. The van der Waals surface area contributed by atoms with Crippen molar-refractivity contribution in [3.8, 4) is 0 Å². The number of ether oxygens (including phenoxy) is 1. The molecule has 0 unspecified atom stereocenters. The SMILES string of the molecule is C[C@H](CNC(=O)c1ccoc1)OC(=O)C1CCN(C(=O)c2ccoc2)CC1. The lowest BCUT2D eigenvalue weighted by atomic mass is 9.96. The predicted molar refractivity (Wildman–Crippen MR) is 93.9 cm³/mol. The van der Waals surface area contributed by atoms with Crippen LogP contribution in [0.5, 0.6) is 0 Å². The molecule has 1 fully saturated rings. The molecule has 1 N–H and O–H groups in total. The van der Waals surface area contributed by atoms with Crippen LogP contribution in [0.25, 0.3) is 0 Å². The van der Waals surface area contributed by atoms with Crippen LogP contribution in [0.2, 0.25) is 0 Å². The molecule has 0 radical (unpaired) electrons. The van der Waals surface area contributed by atoms with Crippen molar-refractivity contribution in [1.82, 2.24) is 10.2 Å². The summed E-state index contributed by atoms with van der Waals surface area (Å²) in [5, 5.41) is 2.69. The van der Waals surface area contributed by atoms with Gasteiger partial charge in [0.25, 0.3) is 11.8 Å². The van der Waals surface area contributed by atoms with E-state index < -0.39 is 6.10 Å². The average Bonchev–Trinajstić information content (AvgIpc) is 3.39. The van der Waals surface area contributed by atoms with Gasteiger partial charge in [0.15, 0.2) is 0 Å². The minimum atomic E-state index is -0.445. The summed E-state index contributed by atoms with van der Waals surface area (Å²) in [5.74, 6) is -0.912. The molecule has 8 nitrogen and oxygen atoms in total. The Hall–Kier alpha value is -3.03. The Labute approximate surface area is 156 Å². The molecule has 1 saturated heterocycles. The Morgan fingerprint density at radius 3 is 2.37 bits per heavy atom. The summed E-state index contributed by atoms with van der Waals surface area (Å²) in [6.07, 6.45) is 6.31. The van der Waals surface area contributed by atoms with Crippen LogP contribution >= 0.6 is 0 Å². The fraction of sp³-hybridized carbons (Fsp3) is 0.421. The van der Waals surface area contributed by atoms with Crippen LogP contribution in [0.1, 0.15) is 40.5 Å². The van der Waals surface area contributed by atoms with Gasteiger partial charge < -0.3 is 23.8 Å². The molecule has 8 heteroatoms. The van der Waals surface area contributed by atoms with Gasteiger partial charge in [-0.1, -0.05) is 0 Å². The third kappa shape index (κ3) is 4.78. The van der Waals surface area contributed by atoms with E-state index in [1.165, 1.54) is 25.1 Å². The second-order valence-electron chi connectivity index (χ2n) is 6.55. The Balaban J connectivity index is 1.40. The van der Waals surface area contributed by atoms with E-state index in [0.29, 0.717) is 37.1 Å². The molecule has 2 aromatic heterocycles. The predicted octanol–water partition coefficient (Wildman–Crippen LogP) is 2.09. The van der Waals surface area contributed by atoms with Crippen LogP contribution in [-0.2, 0) is 9.53 Å². The summed E-state index contributed by atoms with van der Waals surface area (Å²) >= 11 is 0. The molecular weight excluding hydrogens is 352 g/mol. The number of hydrogen-bond donors (Lipinski definition) is 1. The maximum Gasteiger partial charge on any atom is 0.309 e. The number of carbonyl (C=O) groups is 3. The molecule has 1 atom stereocenters. The summed E-state index contributed by atoms with van der Waals surface area (Å²) in [4.78, 5) is 38.1. The van der Waals surface area contributed by atoms with E-state index in [1.807, 2.05) is 0 Å². The molecule has 3 heterocycles. The van der Waals surface area contributed by atoms with Crippen molar-refractivity contribution in [3.63, 3.8) is 0 Å². The van der Waals surface area contributed by atoms with Gasteiger partial charge in [0.05, 0.1) is 36.1 Å². The monoisotopic (exact) mass is 374 g/mol. The number of rotatable bonds is 6. The zero-order valence-electron chi connectivity index (χ0n) is 15.1. The van der Waals surface area contributed by atoms with Crippen molar-refractivity contribution >= 4 is 17.8 Å². The van der Waals surface area contributed by atoms with E-state index in [1.54, 1.807) is 24.0 Å². The summed E-state index contributed by atoms with van der Waals surface area (Å²) in [6.45, 7) is 2.93. The minimum absolute atomic E-state index is 0.0918. The first-order chi connectivity index (χ1) is 13.0. The maximum atomic E-state index is 12.3. The molecule has 0 spiro atoms. The van der Waals surface area contributed by atoms with Gasteiger partial charge in [0.2, 0.25) is 0 Å². The molecule has 2 aromatic rings. The van der Waals surface area contributed by atoms with Gasteiger partial charge in [-0.15, -0.1) is 0 Å². The Bertz CT molecular complexity index is 760. The molecule has 144 valence electrons. The van der Waals surface area contributed by atoms with Gasteiger partial charge in [-0.2, -0.15) is 0 Å². The Morgan fingerprint density at radius 1 is 1.15 bits per heavy atom. The van der Waals surface area contributed by atoms with Gasteiger partial charge in [-0.3, -0.25) is 14.4 Å². The summed E-state index contributed by atoms with van der Waals surface area (Å²) in [6, 6.07) is 3.19. The minimum Gasteiger partial charge on any atom is -0.472 e. The molecular formula is C19H22N2O6. The molecule has 3 rings (SSSR count). The van der Waals surface area contributed by atoms with Crippen molar-refractivity contribution in [1.29, 1.82) is 0 Å². The van der Waals surface area contributed by atoms with E-state index >= 15 is 0 Å². The standard InChI is InChI=1S/C19H22N2O6/c1-13(10-20-17(22)15-4-8-25-11-15)27-19(24)14-2-6-21(7-3-14)18(23)16-5-9-26-12-16/h4-5,8-9,11-14H,2-3,6-7,10H2,1H3,(H,20,22)/t13-/m1/s1. The number of piperidine rings is 1. The first kappa shape index (κ1) is 18.8. The molecule has 1 aliphatic heterocycles. The number of likely N-dealkylation sites (tertiary alicyclic amines) is 1. The van der Waals surface area contributed by atoms with Gasteiger partial charge >= 0.3 is 5.97 Å². The van der Waals surface area contributed by atoms with Crippen molar-refractivity contribution < 1.29 is 28.0 Å². The Morgan fingerprint density at radius 2 is 1.78 bits per heavy atom. The summed E-state index contributed by atoms with van der Waals surface area (Å²) < 4.78 is 15.2.